The summed E-state index contributed by atoms with van der Waals surface area (Å²) in [6, 6.07) is 5.34. The number of hydrogen-bond acceptors (Lipinski definition) is 4. The van der Waals surface area contributed by atoms with Crippen LogP contribution in [0, 0.1) is 0 Å². The highest BCUT2D eigenvalue weighted by Gasteiger charge is 2.52. The van der Waals surface area contributed by atoms with Gasteiger partial charge < -0.3 is 19.9 Å². The number of carbonyl (C=O) groups excluding carboxylic acids is 1. The molecule has 2 aliphatic heterocycles. The molecular formula is C17H24BClN2O3. The quantitative estimate of drug-likeness (QED) is 0.826. The highest BCUT2D eigenvalue weighted by atomic mass is 35.5. The first kappa shape index (κ1) is 17.7. The van der Waals surface area contributed by atoms with Gasteiger partial charge in [-0.25, -0.2) is 0 Å². The van der Waals surface area contributed by atoms with Crippen LogP contribution in [0.15, 0.2) is 18.2 Å². The summed E-state index contributed by atoms with van der Waals surface area (Å²) >= 11 is 6.42. The summed E-state index contributed by atoms with van der Waals surface area (Å²) in [5.74, 6) is -0.0367. The van der Waals surface area contributed by atoms with Crippen LogP contribution in [-0.2, 0) is 9.31 Å². The Kier molecular flexibility index (Phi) is 4.45. The van der Waals surface area contributed by atoms with Crippen LogP contribution >= 0.6 is 11.6 Å². The molecule has 0 radical (unpaired) electrons. The standard InChI is InChI=1S/C17H24BClN2O3/c1-16(2)17(3,4)24-18(23-16)13-6-5-11(9-14(13)19)15(22)21-8-7-12(20)10-21/h5-6,9,12H,7-8,10,20H2,1-4H3/t12-/m0/s1. The molecule has 1 aromatic carbocycles. The van der Waals surface area contributed by atoms with E-state index in [0.29, 0.717) is 23.7 Å². The number of amides is 1. The molecule has 1 atom stereocenters. The van der Waals surface area contributed by atoms with Crippen molar-refractivity contribution >= 4 is 30.1 Å². The van der Waals surface area contributed by atoms with E-state index in [1.165, 1.54) is 0 Å². The summed E-state index contributed by atoms with van der Waals surface area (Å²) in [7, 11) is -0.535. The minimum absolute atomic E-state index is 0.0367. The van der Waals surface area contributed by atoms with E-state index in [1.807, 2.05) is 33.8 Å². The summed E-state index contributed by atoms with van der Waals surface area (Å²) in [5.41, 5.74) is 6.32. The fourth-order valence-electron chi connectivity index (χ4n) is 2.98. The van der Waals surface area contributed by atoms with E-state index < -0.39 is 18.3 Å². The monoisotopic (exact) mass is 350 g/mol. The number of likely N-dealkylation sites (tertiary alicyclic amines) is 1. The minimum atomic E-state index is -0.535. The van der Waals surface area contributed by atoms with E-state index >= 15 is 0 Å². The van der Waals surface area contributed by atoms with Crippen LogP contribution in [0.4, 0.5) is 0 Å². The molecule has 0 saturated carbocycles. The van der Waals surface area contributed by atoms with Crippen LogP contribution < -0.4 is 11.2 Å². The maximum absolute atomic E-state index is 12.5. The lowest BCUT2D eigenvalue weighted by Crippen LogP contribution is -2.41. The molecule has 24 heavy (non-hydrogen) atoms. The summed E-state index contributed by atoms with van der Waals surface area (Å²) < 4.78 is 12.1. The van der Waals surface area contributed by atoms with E-state index in [9.17, 15) is 4.79 Å². The lowest BCUT2D eigenvalue weighted by atomic mass is 9.78. The SMILES string of the molecule is CC1(C)OB(c2ccc(C(=O)N3CC[C@H](N)C3)cc2Cl)OC1(C)C. The maximum atomic E-state index is 12.5. The molecule has 2 saturated heterocycles. The first-order chi connectivity index (χ1) is 11.1. The first-order valence-electron chi connectivity index (χ1n) is 8.31. The van der Waals surface area contributed by atoms with Gasteiger partial charge in [0.05, 0.1) is 11.2 Å². The summed E-state index contributed by atoms with van der Waals surface area (Å²) in [6.45, 7) is 9.27. The van der Waals surface area contributed by atoms with Gasteiger partial charge in [0, 0.05) is 35.2 Å². The second kappa shape index (κ2) is 6.02. The van der Waals surface area contributed by atoms with E-state index in [0.717, 1.165) is 11.9 Å². The normalized spacial score (nSPS) is 25.3. The average Bonchev–Trinajstić information content (AvgIpc) is 2.99. The lowest BCUT2D eigenvalue weighted by Gasteiger charge is -2.32. The van der Waals surface area contributed by atoms with Gasteiger partial charge in [0.1, 0.15) is 0 Å². The molecule has 1 amide bonds. The van der Waals surface area contributed by atoms with E-state index in [1.54, 1.807) is 17.0 Å². The fraction of sp³-hybridized carbons (Fsp3) is 0.588. The average molecular weight is 351 g/mol. The molecule has 2 heterocycles. The van der Waals surface area contributed by atoms with Crippen molar-refractivity contribution in [3.05, 3.63) is 28.8 Å². The second-order valence-corrected chi connectivity index (χ2v) is 8.03. The van der Waals surface area contributed by atoms with Crippen LogP contribution in [0.25, 0.3) is 0 Å². The van der Waals surface area contributed by atoms with E-state index in [4.69, 9.17) is 26.6 Å². The van der Waals surface area contributed by atoms with Crippen molar-refractivity contribution in [1.29, 1.82) is 0 Å². The highest BCUT2D eigenvalue weighted by molar-refractivity contribution is 6.65. The van der Waals surface area contributed by atoms with Gasteiger partial charge in [-0.1, -0.05) is 17.7 Å². The Morgan fingerprint density at radius 2 is 1.92 bits per heavy atom. The zero-order valence-corrected chi connectivity index (χ0v) is 15.4. The second-order valence-electron chi connectivity index (χ2n) is 7.62. The van der Waals surface area contributed by atoms with Crippen LogP contribution in [0.1, 0.15) is 44.5 Å². The highest BCUT2D eigenvalue weighted by Crippen LogP contribution is 2.37. The lowest BCUT2D eigenvalue weighted by molar-refractivity contribution is 0.00578. The number of benzene rings is 1. The van der Waals surface area contributed by atoms with Gasteiger partial charge in [0.25, 0.3) is 5.91 Å². The molecule has 0 aliphatic carbocycles. The van der Waals surface area contributed by atoms with Crippen molar-refractivity contribution in [2.75, 3.05) is 13.1 Å². The van der Waals surface area contributed by atoms with Gasteiger partial charge in [0.2, 0.25) is 0 Å². The van der Waals surface area contributed by atoms with Crippen molar-refractivity contribution < 1.29 is 14.1 Å². The molecule has 130 valence electrons. The van der Waals surface area contributed by atoms with Gasteiger partial charge in [-0.2, -0.15) is 0 Å². The molecule has 2 N–H and O–H groups in total. The zero-order valence-electron chi connectivity index (χ0n) is 14.6. The third kappa shape index (κ3) is 3.08. The van der Waals surface area contributed by atoms with Crippen molar-refractivity contribution in [2.24, 2.45) is 5.73 Å². The Morgan fingerprint density at radius 3 is 2.42 bits per heavy atom. The summed E-state index contributed by atoms with van der Waals surface area (Å²) in [5, 5.41) is 0.475. The smallest absolute Gasteiger partial charge is 0.399 e. The van der Waals surface area contributed by atoms with Crippen molar-refractivity contribution in [1.82, 2.24) is 4.90 Å². The molecule has 0 bridgehead atoms. The number of halogens is 1. The number of rotatable bonds is 2. The van der Waals surface area contributed by atoms with E-state index in [-0.39, 0.29) is 11.9 Å². The topological polar surface area (TPSA) is 64.8 Å². The molecule has 1 aromatic rings. The van der Waals surface area contributed by atoms with E-state index in [2.05, 4.69) is 0 Å². The molecular weight excluding hydrogens is 326 g/mol. The largest absolute Gasteiger partial charge is 0.496 e. The molecule has 0 unspecified atom stereocenters. The Morgan fingerprint density at radius 1 is 1.29 bits per heavy atom. The number of hydrogen-bond donors (Lipinski definition) is 1. The van der Waals surface area contributed by atoms with Crippen molar-refractivity contribution in [3.63, 3.8) is 0 Å². The van der Waals surface area contributed by atoms with Crippen molar-refractivity contribution in [2.45, 2.75) is 51.4 Å². The summed E-state index contributed by atoms with van der Waals surface area (Å²) in [4.78, 5) is 14.3. The molecule has 5 nitrogen and oxygen atoms in total. The first-order valence-corrected chi connectivity index (χ1v) is 8.68. The molecule has 2 fully saturated rings. The Balaban J connectivity index is 1.80. The van der Waals surface area contributed by atoms with Gasteiger partial charge in [-0.3, -0.25) is 4.79 Å². The van der Waals surface area contributed by atoms with Gasteiger partial charge in [-0.15, -0.1) is 0 Å². The maximum Gasteiger partial charge on any atom is 0.496 e. The number of nitrogens with zero attached hydrogens (tertiary/aromatic N) is 1. The van der Waals surface area contributed by atoms with Gasteiger partial charge >= 0.3 is 7.12 Å². The molecule has 0 spiro atoms. The minimum Gasteiger partial charge on any atom is -0.399 e. The van der Waals surface area contributed by atoms with Crippen molar-refractivity contribution in [3.8, 4) is 0 Å². The summed E-state index contributed by atoms with van der Waals surface area (Å²) in [6.07, 6.45) is 0.839. The molecule has 7 heteroatoms. The van der Waals surface area contributed by atoms with Crippen LogP contribution in [-0.4, -0.2) is 48.3 Å². The van der Waals surface area contributed by atoms with Crippen LogP contribution in [0.3, 0.4) is 0 Å². The number of nitrogens with two attached hydrogens (primary N) is 1. The van der Waals surface area contributed by atoms with Gasteiger partial charge in [-0.05, 0) is 46.2 Å². The Hall–Kier alpha value is -1.08. The zero-order chi connectivity index (χ0) is 17.7. The third-order valence-electron chi connectivity index (χ3n) is 5.27. The van der Waals surface area contributed by atoms with Gasteiger partial charge in [0.15, 0.2) is 0 Å². The van der Waals surface area contributed by atoms with Crippen LogP contribution in [0.5, 0.6) is 0 Å². The van der Waals surface area contributed by atoms with Crippen LogP contribution in [0.2, 0.25) is 5.02 Å². The molecule has 0 aromatic heterocycles. The third-order valence-corrected chi connectivity index (χ3v) is 5.59. The molecule has 2 aliphatic rings. The predicted octanol–water partition coefficient (Wildman–Crippen LogP) is 1.81. The fourth-order valence-corrected chi connectivity index (χ4v) is 3.25. The Labute approximate surface area is 148 Å². The molecule has 3 rings (SSSR count). The Bertz CT molecular complexity index is 649. The number of carbonyl (C=O) groups is 1. The predicted molar refractivity (Wildman–Crippen MR) is 95.7 cm³/mol.